The largest absolute Gasteiger partial charge is 0.300 e. The molecular weight excluding hydrogens is 368 g/mol. The van der Waals surface area contributed by atoms with Crippen molar-refractivity contribution < 1.29 is 9.59 Å². The lowest BCUT2D eigenvalue weighted by atomic mass is 9.78. The third-order valence-electron chi connectivity index (χ3n) is 5.49. The molecule has 0 aliphatic carbocycles. The van der Waals surface area contributed by atoms with Gasteiger partial charge in [0.25, 0.3) is 0 Å². The van der Waals surface area contributed by atoms with Crippen LogP contribution in [0.5, 0.6) is 0 Å². The third kappa shape index (κ3) is 11.5. The number of carbonyl (C=O) groups excluding carboxylic acids is 2. The highest BCUT2D eigenvalue weighted by Crippen LogP contribution is 2.31. The smallest absolute Gasteiger partial charge is 0.152 e. The van der Waals surface area contributed by atoms with E-state index in [2.05, 4.69) is 50.2 Å². The molecule has 0 aliphatic heterocycles. The van der Waals surface area contributed by atoms with Gasteiger partial charge in [0.05, 0.1) is 0 Å². The van der Waals surface area contributed by atoms with Crippen LogP contribution in [0, 0.1) is 5.41 Å². The Morgan fingerprint density at radius 1 is 0.833 bits per heavy atom. The normalized spacial score (nSPS) is 13.0. The zero-order chi connectivity index (χ0) is 22.4. The number of rotatable bonds is 10. The van der Waals surface area contributed by atoms with E-state index in [1.165, 1.54) is 11.1 Å². The van der Waals surface area contributed by atoms with Crippen molar-refractivity contribution in [2.45, 2.75) is 73.1 Å². The van der Waals surface area contributed by atoms with Crippen LogP contribution in [-0.2, 0) is 22.4 Å². The standard InChI is InChI=1S/C15H22O.C13H16O/c1-4-15(3,12-13(2)16)11-10-14-8-6-5-7-9-14;1-11(10-12(2)14)8-9-13-6-4-3-5-7-13/h5-9H,4,10-12H2,1-3H3;3-7,10H,8-9H2,1-2H3/b;11-10+/t15-;/m1./s1. The van der Waals surface area contributed by atoms with Gasteiger partial charge in [-0.1, -0.05) is 86.5 Å². The molecule has 0 fully saturated rings. The lowest BCUT2D eigenvalue weighted by Gasteiger charge is -2.27. The number of benzene rings is 2. The third-order valence-corrected chi connectivity index (χ3v) is 5.49. The lowest BCUT2D eigenvalue weighted by molar-refractivity contribution is -0.119. The van der Waals surface area contributed by atoms with Gasteiger partial charge in [0.2, 0.25) is 0 Å². The summed E-state index contributed by atoms with van der Waals surface area (Å²) in [6, 6.07) is 20.8. The van der Waals surface area contributed by atoms with Crippen molar-refractivity contribution in [1.29, 1.82) is 0 Å². The maximum atomic E-state index is 11.2. The summed E-state index contributed by atoms with van der Waals surface area (Å²) in [5.41, 5.74) is 4.01. The topological polar surface area (TPSA) is 34.1 Å². The molecule has 0 heterocycles. The first kappa shape index (κ1) is 25.6. The molecule has 2 aromatic carbocycles. The molecule has 0 amide bonds. The van der Waals surface area contributed by atoms with Gasteiger partial charge in [0.15, 0.2) is 5.78 Å². The van der Waals surface area contributed by atoms with Crippen molar-refractivity contribution in [3.8, 4) is 0 Å². The minimum Gasteiger partial charge on any atom is -0.300 e. The molecule has 0 unspecified atom stereocenters. The molecule has 30 heavy (non-hydrogen) atoms. The fourth-order valence-corrected chi connectivity index (χ4v) is 3.49. The van der Waals surface area contributed by atoms with Gasteiger partial charge in [-0.25, -0.2) is 0 Å². The number of aryl methyl sites for hydroxylation is 2. The number of Topliss-reactive ketones (excluding diaryl/α,β-unsaturated/α-hetero) is 1. The molecule has 2 heteroatoms. The second-order valence-electron chi connectivity index (χ2n) is 8.62. The van der Waals surface area contributed by atoms with Gasteiger partial charge in [-0.15, -0.1) is 0 Å². The average molecular weight is 407 g/mol. The highest BCUT2D eigenvalue weighted by Gasteiger charge is 2.23. The van der Waals surface area contributed by atoms with E-state index >= 15 is 0 Å². The Labute approximate surface area is 183 Å². The highest BCUT2D eigenvalue weighted by atomic mass is 16.1. The number of allylic oxidation sites excluding steroid dienone is 2. The average Bonchev–Trinajstić information content (AvgIpc) is 2.72. The molecule has 162 valence electrons. The maximum Gasteiger partial charge on any atom is 0.152 e. The molecule has 2 aromatic rings. The first-order valence-electron chi connectivity index (χ1n) is 11.0. The molecule has 0 saturated heterocycles. The van der Waals surface area contributed by atoms with E-state index in [4.69, 9.17) is 0 Å². The molecule has 0 aliphatic rings. The van der Waals surface area contributed by atoms with E-state index in [0.29, 0.717) is 12.2 Å². The SMILES string of the molecule is CC(=O)/C=C(\C)CCc1ccccc1.CC[C@](C)(CCc1ccccc1)CC(C)=O. The first-order chi connectivity index (χ1) is 14.2. The molecule has 1 atom stereocenters. The summed E-state index contributed by atoms with van der Waals surface area (Å²) in [4.78, 5) is 22.0. The Bertz CT molecular complexity index is 790. The Hall–Kier alpha value is -2.48. The van der Waals surface area contributed by atoms with Crippen LogP contribution < -0.4 is 0 Å². The summed E-state index contributed by atoms with van der Waals surface area (Å²) in [5, 5.41) is 0. The quantitative estimate of drug-likeness (QED) is 0.392. The predicted octanol–water partition coefficient (Wildman–Crippen LogP) is 7.17. The molecule has 0 N–H and O–H groups in total. The Balaban J connectivity index is 0.000000303. The van der Waals surface area contributed by atoms with E-state index in [0.717, 1.165) is 37.7 Å². The minimum atomic E-state index is 0.135. The second kappa shape index (κ2) is 13.7. The Kier molecular flexibility index (Phi) is 11.7. The number of carbonyl (C=O) groups is 2. The Morgan fingerprint density at radius 2 is 1.33 bits per heavy atom. The van der Waals surface area contributed by atoms with E-state index in [1.54, 1.807) is 19.9 Å². The van der Waals surface area contributed by atoms with Crippen LogP contribution in [0.3, 0.4) is 0 Å². The van der Waals surface area contributed by atoms with Crippen molar-refractivity contribution in [3.05, 3.63) is 83.4 Å². The van der Waals surface area contributed by atoms with Crippen molar-refractivity contribution >= 4 is 11.6 Å². The van der Waals surface area contributed by atoms with E-state index in [9.17, 15) is 9.59 Å². The van der Waals surface area contributed by atoms with Crippen LogP contribution >= 0.6 is 0 Å². The summed E-state index contributed by atoms with van der Waals surface area (Å²) in [5.74, 6) is 0.438. The molecule has 0 saturated carbocycles. The molecule has 0 bridgehead atoms. The second-order valence-corrected chi connectivity index (χ2v) is 8.62. The van der Waals surface area contributed by atoms with Crippen LogP contribution in [0.15, 0.2) is 72.3 Å². The van der Waals surface area contributed by atoms with Crippen LogP contribution in [0.1, 0.15) is 71.4 Å². The number of hydrogen-bond donors (Lipinski definition) is 0. The summed E-state index contributed by atoms with van der Waals surface area (Å²) in [7, 11) is 0. The fraction of sp³-hybridized carbons (Fsp3) is 0.429. The molecule has 0 radical (unpaired) electrons. The summed E-state index contributed by atoms with van der Waals surface area (Å²) < 4.78 is 0. The lowest BCUT2D eigenvalue weighted by Crippen LogP contribution is -2.19. The predicted molar refractivity (Wildman–Crippen MR) is 128 cm³/mol. The van der Waals surface area contributed by atoms with Crippen molar-refractivity contribution in [3.63, 3.8) is 0 Å². The maximum absolute atomic E-state index is 11.2. The minimum absolute atomic E-state index is 0.135. The summed E-state index contributed by atoms with van der Waals surface area (Å²) in [6.07, 6.45) is 7.62. The van der Waals surface area contributed by atoms with Gasteiger partial charge in [-0.2, -0.15) is 0 Å². The zero-order valence-corrected chi connectivity index (χ0v) is 19.4. The molecular formula is C28H38O2. The number of ketones is 2. The van der Waals surface area contributed by atoms with Crippen LogP contribution in [0.25, 0.3) is 0 Å². The molecule has 0 aromatic heterocycles. The van der Waals surface area contributed by atoms with Gasteiger partial charge in [-0.3, -0.25) is 4.79 Å². The van der Waals surface area contributed by atoms with Crippen molar-refractivity contribution in [2.75, 3.05) is 0 Å². The first-order valence-corrected chi connectivity index (χ1v) is 11.0. The van der Waals surface area contributed by atoms with Gasteiger partial charge < -0.3 is 4.79 Å². The molecule has 0 spiro atoms. The van der Waals surface area contributed by atoms with Crippen LogP contribution in [0.4, 0.5) is 0 Å². The van der Waals surface area contributed by atoms with Gasteiger partial charge >= 0.3 is 0 Å². The van der Waals surface area contributed by atoms with Crippen molar-refractivity contribution in [2.24, 2.45) is 5.41 Å². The summed E-state index contributed by atoms with van der Waals surface area (Å²) in [6.45, 7) is 9.68. The van der Waals surface area contributed by atoms with Gasteiger partial charge in [0.1, 0.15) is 5.78 Å². The van der Waals surface area contributed by atoms with Crippen molar-refractivity contribution in [1.82, 2.24) is 0 Å². The molecule has 2 nitrogen and oxygen atoms in total. The van der Waals surface area contributed by atoms with Crippen LogP contribution in [0.2, 0.25) is 0 Å². The van der Waals surface area contributed by atoms with E-state index < -0.39 is 0 Å². The zero-order valence-electron chi connectivity index (χ0n) is 19.4. The highest BCUT2D eigenvalue weighted by molar-refractivity contribution is 5.87. The van der Waals surface area contributed by atoms with E-state index in [1.807, 2.05) is 31.2 Å². The summed E-state index contributed by atoms with van der Waals surface area (Å²) >= 11 is 0. The fourth-order valence-electron chi connectivity index (χ4n) is 3.49. The van der Waals surface area contributed by atoms with Crippen LogP contribution in [-0.4, -0.2) is 11.6 Å². The van der Waals surface area contributed by atoms with Gasteiger partial charge in [0, 0.05) is 6.42 Å². The van der Waals surface area contributed by atoms with Gasteiger partial charge in [-0.05, 0) is 69.1 Å². The Morgan fingerprint density at radius 3 is 1.77 bits per heavy atom. The monoisotopic (exact) mass is 406 g/mol. The number of hydrogen-bond acceptors (Lipinski definition) is 2. The van der Waals surface area contributed by atoms with E-state index in [-0.39, 0.29) is 11.2 Å². The molecule has 2 rings (SSSR count).